The van der Waals surface area contributed by atoms with Crippen LogP contribution in [0.2, 0.25) is 0 Å². The summed E-state index contributed by atoms with van der Waals surface area (Å²) in [5.74, 6) is 3.07. The number of nitrogens with zero attached hydrogens (tertiary/aromatic N) is 3. The molecule has 1 fully saturated rings. The maximum Gasteiger partial charge on any atom is 0.260 e. The lowest BCUT2D eigenvalue weighted by Gasteiger charge is -2.34. The fourth-order valence-corrected chi connectivity index (χ4v) is 12.4. The van der Waals surface area contributed by atoms with Crippen molar-refractivity contribution < 1.29 is 38.0 Å². The van der Waals surface area contributed by atoms with Crippen molar-refractivity contribution in [3.8, 4) is 11.5 Å². The summed E-state index contributed by atoms with van der Waals surface area (Å²) in [4.78, 5) is 36.0. The van der Waals surface area contributed by atoms with Gasteiger partial charge in [0.15, 0.2) is 11.5 Å². The van der Waals surface area contributed by atoms with Gasteiger partial charge in [-0.05, 0) is 82.2 Å². The molecule has 3 heterocycles. The van der Waals surface area contributed by atoms with Crippen LogP contribution in [0.3, 0.4) is 0 Å². The summed E-state index contributed by atoms with van der Waals surface area (Å²) < 4.78 is 36.2. The lowest BCUT2D eigenvalue weighted by atomic mass is 9.95. The zero-order chi connectivity index (χ0) is 53.0. The van der Waals surface area contributed by atoms with Crippen LogP contribution >= 0.6 is 21.6 Å². The zero-order valence-electron chi connectivity index (χ0n) is 45.1. The van der Waals surface area contributed by atoms with Gasteiger partial charge in [-0.2, -0.15) is 0 Å². The van der Waals surface area contributed by atoms with Crippen molar-refractivity contribution in [2.75, 3.05) is 94.8 Å². The number of carbonyl (C=O) groups excluding carboxylic acids is 2. The van der Waals surface area contributed by atoms with Crippen LogP contribution in [0.1, 0.15) is 101 Å². The van der Waals surface area contributed by atoms with Gasteiger partial charge in [-0.15, -0.1) is 0 Å². The highest BCUT2D eigenvalue weighted by molar-refractivity contribution is 8.77. The van der Waals surface area contributed by atoms with Crippen LogP contribution < -0.4 is 30.3 Å². The molecule has 406 valence electrons. The summed E-state index contributed by atoms with van der Waals surface area (Å²) in [7, 11) is 6.90. The molecule has 3 aliphatic heterocycles. The van der Waals surface area contributed by atoms with Gasteiger partial charge in [0, 0.05) is 97.6 Å². The molecule has 75 heavy (non-hydrogen) atoms. The van der Waals surface area contributed by atoms with E-state index in [1.165, 1.54) is 30.4 Å². The van der Waals surface area contributed by atoms with Gasteiger partial charge in [0.25, 0.3) is 5.91 Å². The van der Waals surface area contributed by atoms with Gasteiger partial charge in [-0.3, -0.25) is 14.6 Å². The second-order valence-corrected chi connectivity index (χ2v) is 23.1. The number of amides is 2. The van der Waals surface area contributed by atoms with E-state index in [4.69, 9.17) is 33.4 Å². The number of para-hydroxylation sites is 2. The Bertz CT molecular complexity index is 2480. The van der Waals surface area contributed by atoms with Crippen molar-refractivity contribution in [1.82, 2.24) is 10.2 Å². The highest BCUT2D eigenvalue weighted by Crippen LogP contribution is 2.41. The quantitative estimate of drug-likeness (QED) is 0.0192. The van der Waals surface area contributed by atoms with Crippen molar-refractivity contribution in [3.05, 3.63) is 125 Å². The number of ether oxygens (including phenoxy) is 6. The summed E-state index contributed by atoms with van der Waals surface area (Å²) in [6.07, 6.45) is 17.3. The SMILES string of the molecule is C=C(/C=C(\CC)O/C(=C\C(=C/C)N(CCOCCOCCOC)CC(C)(C)SSCCCC(=O)NC1CCCCC1)COc1cc2c(cc1OC)C(=O)N1c3ccccc3C[C@H]1CN2)N=C[C@@H]1Cc2ccccc2N1. The normalized spacial score (nSPS) is 17.9. The summed E-state index contributed by atoms with van der Waals surface area (Å²) in [6.45, 7) is 17.2. The van der Waals surface area contributed by atoms with Gasteiger partial charge in [-0.1, -0.05) is 96.8 Å². The molecule has 0 unspecified atom stereocenters. The summed E-state index contributed by atoms with van der Waals surface area (Å²) in [5, 5.41) is 10.4. The summed E-state index contributed by atoms with van der Waals surface area (Å²) >= 11 is 0. The molecule has 14 nitrogen and oxygen atoms in total. The number of benzene rings is 3. The van der Waals surface area contributed by atoms with Crippen molar-refractivity contribution in [2.24, 2.45) is 4.99 Å². The Hall–Kier alpha value is -5.39. The van der Waals surface area contributed by atoms with Gasteiger partial charge in [0.1, 0.15) is 18.1 Å². The summed E-state index contributed by atoms with van der Waals surface area (Å²) in [6, 6.07) is 20.4. The first-order valence-electron chi connectivity index (χ1n) is 26.8. The smallest absolute Gasteiger partial charge is 0.260 e. The molecule has 0 aromatic heterocycles. The Morgan fingerprint density at radius 3 is 2.45 bits per heavy atom. The van der Waals surface area contributed by atoms with Crippen molar-refractivity contribution in [3.63, 3.8) is 0 Å². The maximum atomic E-state index is 14.3. The predicted molar refractivity (Wildman–Crippen MR) is 308 cm³/mol. The fraction of sp³-hybridized carbons (Fsp3) is 0.508. The first-order chi connectivity index (χ1) is 36.5. The Morgan fingerprint density at radius 2 is 1.69 bits per heavy atom. The second-order valence-electron chi connectivity index (χ2n) is 20.0. The Kier molecular flexibility index (Phi) is 22.3. The number of hydrogen-bond acceptors (Lipinski definition) is 14. The second kappa shape index (κ2) is 29.2. The number of aliphatic imine (C=N–C) groups is 1. The van der Waals surface area contributed by atoms with Crippen LogP contribution in [0.25, 0.3) is 0 Å². The van der Waals surface area contributed by atoms with E-state index >= 15 is 0 Å². The lowest BCUT2D eigenvalue weighted by Crippen LogP contribution is -2.39. The third-order valence-electron chi connectivity index (χ3n) is 13.6. The topological polar surface area (TPSA) is 144 Å². The van der Waals surface area contributed by atoms with E-state index in [2.05, 4.69) is 71.6 Å². The minimum absolute atomic E-state index is 0.0163. The maximum absolute atomic E-state index is 14.3. The molecule has 1 saturated carbocycles. The number of rotatable bonds is 30. The Labute approximate surface area is 453 Å². The first-order valence-corrected chi connectivity index (χ1v) is 29.1. The molecule has 4 aliphatic rings. The number of allylic oxidation sites excluding steroid dienone is 4. The van der Waals surface area contributed by atoms with Gasteiger partial charge in [-0.25, -0.2) is 0 Å². The molecule has 0 bridgehead atoms. The number of fused-ring (bicyclic) bond motifs is 5. The number of anilines is 3. The van der Waals surface area contributed by atoms with E-state index in [9.17, 15) is 9.59 Å². The van der Waals surface area contributed by atoms with E-state index in [1.807, 2.05) is 89.0 Å². The highest BCUT2D eigenvalue weighted by Gasteiger charge is 2.38. The zero-order valence-corrected chi connectivity index (χ0v) is 46.7. The molecule has 0 spiro atoms. The van der Waals surface area contributed by atoms with E-state index in [-0.39, 0.29) is 35.3 Å². The van der Waals surface area contributed by atoms with Crippen LogP contribution in [-0.2, 0) is 36.6 Å². The molecule has 1 aliphatic carbocycles. The van der Waals surface area contributed by atoms with Crippen LogP contribution in [0.5, 0.6) is 11.5 Å². The van der Waals surface area contributed by atoms with Crippen molar-refractivity contribution in [2.45, 2.75) is 115 Å². The Balaban J connectivity index is 1.10. The lowest BCUT2D eigenvalue weighted by molar-refractivity contribution is -0.122. The average Bonchev–Trinajstić information content (AvgIpc) is 3.99. The van der Waals surface area contributed by atoms with Gasteiger partial charge in [0.05, 0.1) is 69.2 Å². The summed E-state index contributed by atoms with van der Waals surface area (Å²) in [5.41, 5.74) is 7.19. The average molecular weight is 1070 g/mol. The van der Waals surface area contributed by atoms with Crippen molar-refractivity contribution in [1.29, 1.82) is 0 Å². The van der Waals surface area contributed by atoms with Gasteiger partial charge >= 0.3 is 0 Å². The molecular formula is C59H80N6O8S2. The third-order valence-corrected chi connectivity index (χ3v) is 17.0. The van der Waals surface area contributed by atoms with E-state index in [0.717, 1.165) is 54.9 Å². The number of methoxy groups -OCH3 is 2. The molecule has 0 radical (unpaired) electrons. The van der Waals surface area contributed by atoms with Gasteiger partial charge < -0.3 is 54.2 Å². The first kappa shape index (κ1) is 57.3. The Morgan fingerprint density at radius 1 is 0.933 bits per heavy atom. The molecule has 3 N–H and O–H groups in total. The predicted octanol–water partition coefficient (Wildman–Crippen LogP) is 11.2. The van der Waals surface area contributed by atoms with Crippen LogP contribution in [0, 0.1) is 0 Å². The van der Waals surface area contributed by atoms with Gasteiger partial charge in [0.2, 0.25) is 5.91 Å². The van der Waals surface area contributed by atoms with E-state index in [0.29, 0.717) is 112 Å². The minimum Gasteiger partial charge on any atom is -0.493 e. The molecule has 16 heteroatoms. The standard InChI is InChI=1S/C59H80N6O8S2/c1-8-47(64(25-26-70-29-30-71-28-27-68-6)41-59(4,5)75-74-31-17-24-57(66)63-45-20-11-10-12-21-45)35-50(73-49(9-2)32-42(3)60-38-46-33-43-18-13-15-22-52(43)62-46)40-72-56-37-53-51(36-55(56)69-7)58(67)65-48(39-61-53)34-44-19-14-16-23-54(44)65/h8,13-16,18-19,22-23,32,35-38,45-46,48,61-62H,3,9-12,17,20-21,24-31,33-34,39-41H2,1-2,4-7H3,(H,63,66)/b47-8+,49-32+,50-35-,60-38?/t46-,48-/m0/s1. The fourth-order valence-electron chi connectivity index (χ4n) is 9.85. The number of carbonyl (C=O) groups is 2. The molecule has 2 atom stereocenters. The highest BCUT2D eigenvalue weighted by atomic mass is 33.1. The third kappa shape index (κ3) is 17.1. The van der Waals surface area contributed by atoms with Crippen LogP contribution in [-0.4, -0.2) is 125 Å². The molecular weight excluding hydrogens is 985 g/mol. The largest absolute Gasteiger partial charge is 0.493 e. The molecule has 7 rings (SSSR count). The van der Waals surface area contributed by atoms with E-state index in [1.54, 1.807) is 20.3 Å². The molecule has 3 aromatic rings. The van der Waals surface area contributed by atoms with Crippen LogP contribution in [0.15, 0.2) is 113 Å². The minimum atomic E-state index is -0.200. The monoisotopic (exact) mass is 1060 g/mol. The van der Waals surface area contributed by atoms with E-state index < -0.39 is 0 Å². The molecule has 3 aromatic carbocycles. The molecule has 0 saturated heterocycles. The van der Waals surface area contributed by atoms with Crippen LogP contribution in [0.4, 0.5) is 17.1 Å². The van der Waals surface area contributed by atoms with Crippen molar-refractivity contribution >= 4 is 56.7 Å². The number of hydrogen-bond donors (Lipinski definition) is 3. The molecule has 2 amide bonds. The number of nitrogens with one attached hydrogen (secondary N) is 3.